The van der Waals surface area contributed by atoms with E-state index in [4.69, 9.17) is 26.8 Å². The van der Waals surface area contributed by atoms with Crippen molar-refractivity contribution >= 4 is 11.6 Å². The molecule has 1 aliphatic heterocycles. The average Bonchev–Trinajstić information content (AvgIpc) is 2.61. The Kier molecular flexibility index (Phi) is 4.32. The number of aliphatic hydroxyl groups is 1. The van der Waals surface area contributed by atoms with E-state index < -0.39 is 6.04 Å². The Morgan fingerprint density at radius 1 is 1.44 bits per heavy atom. The molecule has 0 saturated carbocycles. The second-order valence-corrected chi connectivity index (χ2v) is 4.68. The third-order valence-electron chi connectivity index (χ3n) is 3.05. The number of benzene rings is 1. The molecule has 0 spiro atoms. The number of hydrogen-bond donors (Lipinski definition) is 2. The van der Waals surface area contributed by atoms with Crippen LogP contribution in [0, 0.1) is 0 Å². The molecule has 3 N–H and O–H groups in total. The minimum Gasteiger partial charge on any atom is -0.489 e. The fraction of sp³-hybridized carbons (Fsp3) is 0.538. The Morgan fingerprint density at radius 2 is 2.17 bits per heavy atom. The van der Waals surface area contributed by atoms with Gasteiger partial charge in [-0.3, -0.25) is 0 Å². The monoisotopic (exact) mass is 271 g/mol. The highest BCUT2D eigenvalue weighted by molar-refractivity contribution is 6.31. The number of halogens is 1. The minimum absolute atomic E-state index is 0.146. The number of aliphatic hydroxyl groups excluding tert-OH is 1. The van der Waals surface area contributed by atoms with Crippen LogP contribution in [0.2, 0.25) is 5.02 Å². The van der Waals surface area contributed by atoms with E-state index in [2.05, 4.69) is 0 Å². The van der Waals surface area contributed by atoms with E-state index in [1.165, 1.54) is 0 Å². The average molecular weight is 272 g/mol. The normalized spacial score (nSPS) is 16.2. The van der Waals surface area contributed by atoms with Crippen LogP contribution < -0.4 is 15.2 Å². The Morgan fingerprint density at radius 3 is 2.83 bits per heavy atom. The molecule has 2 rings (SSSR count). The molecule has 5 heteroatoms. The van der Waals surface area contributed by atoms with Crippen molar-refractivity contribution in [1.82, 2.24) is 0 Å². The number of ether oxygens (including phenoxy) is 2. The Bertz CT molecular complexity index is 437. The van der Waals surface area contributed by atoms with Gasteiger partial charge in [0.15, 0.2) is 11.5 Å². The molecule has 0 aromatic heterocycles. The molecule has 0 fully saturated rings. The maximum absolute atomic E-state index is 9.24. The van der Waals surface area contributed by atoms with Gasteiger partial charge in [-0.15, -0.1) is 0 Å². The molecule has 1 unspecified atom stereocenters. The summed E-state index contributed by atoms with van der Waals surface area (Å²) in [5.74, 6) is 1.39. The van der Waals surface area contributed by atoms with Crippen molar-refractivity contribution in [2.24, 2.45) is 5.73 Å². The zero-order valence-electron chi connectivity index (χ0n) is 10.4. The SMILES string of the molecule is CCc1c2c(cc(Cl)c1C(N)CO)OCCCO2. The lowest BCUT2D eigenvalue weighted by molar-refractivity contribution is 0.266. The first-order valence-electron chi connectivity index (χ1n) is 6.16. The summed E-state index contributed by atoms with van der Waals surface area (Å²) in [4.78, 5) is 0. The molecule has 0 bridgehead atoms. The largest absolute Gasteiger partial charge is 0.489 e. The molecule has 1 aromatic rings. The van der Waals surface area contributed by atoms with E-state index in [1.807, 2.05) is 6.92 Å². The van der Waals surface area contributed by atoms with Gasteiger partial charge in [0.2, 0.25) is 0 Å². The van der Waals surface area contributed by atoms with Gasteiger partial charge in [0.05, 0.1) is 25.9 Å². The third-order valence-corrected chi connectivity index (χ3v) is 3.36. The lowest BCUT2D eigenvalue weighted by Gasteiger charge is -2.20. The Balaban J connectivity index is 2.57. The van der Waals surface area contributed by atoms with Gasteiger partial charge in [-0.25, -0.2) is 0 Å². The highest BCUT2D eigenvalue weighted by Gasteiger charge is 2.23. The smallest absolute Gasteiger partial charge is 0.164 e. The van der Waals surface area contributed by atoms with E-state index in [9.17, 15) is 5.11 Å². The molecule has 0 aliphatic carbocycles. The van der Waals surface area contributed by atoms with Gasteiger partial charge in [-0.2, -0.15) is 0 Å². The van der Waals surface area contributed by atoms with E-state index in [-0.39, 0.29) is 6.61 Å². The molecule has 0 amide bonds. The lowest BCUT2D eigenvalue weighted by Crippen LogP contribution is -2.18. The van der Waals surface area contributed by atoms with Crippen LogP contribution in [0.3, 0.4) is 0 Å². The quantitative estimate of drug-likeness (QED) is 0.883. The summed E-state index contributed by atoms with van der Waals surface area (Å²) >= 11 is 6.25. The Labute approximate surface area is 112 Å². The van der Waals surface area contributed by atoms with Gasteiger partial charge in [0.25, 0.3) is 0 Å². The van der Waals surface area contributed by atoms with Crippen LogP contribution >= 0.6 is 11.6 Å². The summed E-state index contributed by atoms with van der Waals surface area (Å²) in [6.07, 6.45) is 1.58. The highest BCUT2D eigenvalue weighted by atomic mass is 35.5. The maximum atomic E-state index is 9.24. The van der Waals surface area contributed by atoms with Crippen molar-refractivity contribution < 1.29 is 14.6 Å². The van der Waals surface area contributed by atoms with Crippen molar-refractivity contribution in [3.8, 4) is 11.5 Å². The number of rotatable bonds is 3. The van der Waals surface area contributed by atoms with E-state index in [0.717, 1.165) is 29.7 Å². The van der Waals surface area contributed by atoms with E-state index in [1.54, 1.807) is 6.07 Å². The fourth-order valence-electron chi connectivity index (χ4n) is 2.20. The second kappa shape index (κ2) is 5.78. The topological polar surface area (TPSA) is 64.7 Å². The van der Waals surface area contributed by atoms with Crippen LogP contribution in [0.25, 0.3) is 0 Å². The lowest BCUT2D eigenvalue weighted by atomic mass is 9.97. The predicted octanol–water partition coefficient (Wildman–Crippen LogP) is 2.06. The van der Waals surface area contributed by atoms with E-state index in [0.29, 0.717) is 24.0 Å². The van der Waals surface area contributed by atoms with Crippen LogP contribution in [-0.2, 0) is 6.42 Å². The molecule has 1 aliphatic rings. The van der Waals surface area contributed by atoms with Gasteiger partial charge in [-0.1, -0.05) is 18.5 Å². The number of fused-ring (bicyclic) bond motifs is 1. The Hall–Kier alpha value is -0.970. The maximum Gasteiger partial charge on any atom is 0.164 e. The van der Waals surface area contributed by atoms with Crippen LogP contribution in [0.4, 0.5) is 0 Å². The first kappa shape index (κ1) is 13.5. The van der Waals surface area contributed by atoms with E-state index >= 15 is 0 Å². The molecule has 4 nitrogen and oxygen atoms in total. The number of nitrogens with two attached hydrogens (primary N) is 1. The van der Waals surface area contributed by atoms with Gasteiger partial charge in [0, 0.05) is 23.1 Å². The van der Waals surface area contributed by atoms with Crippen molar-refractivity contribution in [3.63, 3.8) is 0 Å². The zero-order valence-corrected chi connectivity index (χ0v) is 11.2. The number of hydrogen-bond acceptors (Lipinski definition) is 4. The first-order valence-corrected chi connectivity index (χ1v) is 6.54. The van der Waals surface area contributed by atoms with Gasteiger partial charge in [0.1, 0.15) is 0 Å². The highest BCUT2D eigenvalue weighted by Crippen LogP contribution is 2.41. The summed E-state index contributed by atoms with van der Waals surface area (Å²) in [6.45, 7) is 3.10. The summed E-state index contributed by atoms with van der Waals surface area (Å²) in [5, 5.41) is 9.76. The third kappa shape index (κ3) is 2.41. The summed E-state index contributed by atoms with van der Waals surface area (Å²) in [7, 11) is 0. The van der Waals surface area contributed by atoms with Crippen LogP contribution in [0.1, 0.15) is 30.5 Å². The van der Waals surface area contributed by atoms with Crippen molar-refractivity contribution in [1.29, 1.82) is 0 Å². The van der Waals surface area contributed by atoms with Crippen LogP contribution in [0.5, 0.6) is 11.5 Å². The summed E-state index contributed by atoms with van der Waals surface area (Å²) < 4.78 is 11.4. The molecule has 18 heavy (non-hydrogen) atoms. The molecule has 100 valence electrons. The molecular formula is C13H18ClNO3. The minimum atomic E-state index is -0.496. The molecule has 1 aromatic carbocycles. The molecule has 1 heterocycles. The summed E-state index contributed by atoms with van der Waals surface area (Å²) in [5.41, 5.74) is 7.60. The van der Waals surface area contributed by atoms with Gasteiger partial charge in [-0.05, 0) is 12.0 Å². The molecule has 1 atom stereocenters. The van der Waals surface area contributed by atoms with Crippen LogP contribution in [-0.4, -0.2) is 24.9 Å². The molecule has 0 radical (unpaired) electrons. The van der Waals surface area contributed by atoms with Gasteiger partial charge < -0.3 is 20.3 Å². The second-order valence-electron chi connectivity index (χ2n) is 4.27. The fourth-order valence-corrected chi connectivity index (χ4v) is 2.55. The standard InChI is InChI=1S/C13H18ClNO3/c1-2-8-12(10(15)7-16)9(14)6-11-13(8)18-5-3-4-17-11/h6,10,16H,2-5,7,15H2,1H3. The van der Waals surface area contributed by atoms with Gasteiger partial charge >= 0.3 is 0 Å². The predicted molar refractivity (Wildman–Crippen MR) is 70.5 cm³/mol. The molecule has 0 saturated heterocycles. The van der Waals surface area contributed by atoms with Crippen LogP contribution in [0.15, 0.2) is 6.07 Å². The summed E-state index contributed by atoms with van der Waals surface area (Å²) in [6, 6.07) is 1.23. The van der Waals surface area contributed by atoms with Crippen molar-refractivity contribution in [2.75, 3.05) is 19.8 Å². The molecular weight excluding hydrogens is 254 g/mol. The van der Waals surface area contributed by atoms with Crippen molar-refractivity contribution in [2.45, 2.75) is 25.8 Å². The zero-order chi connectivity index (χ0) is 13.1. The first-order chi connectivity index (χ1) is 8.69. The van der Waals surface area contributed by atoms with Crippen molar-refractivity contribution in [3.05, 3.63) is 22.2 Å².